The van der Waals surface area contributed by atoms with E-state index in [0.29, 0.717) is 18.8 Å². The van der Waals surface area contributed by atoms with Crippen molar-refractivity contribution in [3.05, 3.63) is 96.8 Å². The van der Waals surface area contributed by atoms with Crippen LogP contribution in [0.15, 0.2) is 90.5 Å². The lowest BCUT2D eigenvalue weighted by Crippen LogP contribution is -2.42. The van der Waals surface area contributed by atoms with Gasteiger partial charge in [-0.05, 0) is 42.0 Å². The first kappa shape index (κ1) is 24.3. The molecule has 7 nitrogen and oxygen atoms in total. The van der Waals surface area contributed by atoms with Crippen molar-refractivity contribution in [2.75, 3.05) is 20.2 Å². The van der Waals surface area contributed by atoms with Gasteiger partial charge in [0.05, 0.1) is 25.1 Å². The molecule has 0 fully saturated rings. The van der Waals surface area contributed by atoms with Crippen molar-refractivity contribution in [2.45, 2.75) is 18.0 Å². The second-order valence-electron chi connectivity index (χ2n) is 7.61. The van der Waals surface area contributed by atoms with Crippen LogP contribution in [0.2, 0.25) is 0 Å². The van der Waals surface area contributed by atoms with Crippen molar-refractivity contribution in [1.29, 1.82) is 0 Å². The average Bonchev–Trinajstić information content (AvgIpc) is 3.23. The number of hydrogen-bond donors (Lipinski definition) is 0. The lowest BCUT2D eigenvalue weighted by atomic mass is 10.2. The lowest BCUT2D eigenvalue weighted by Gasteiger charge is -2.27. The molecule has 174 valence electrons. The zero-order valence-corrected chi connectivity index (χ0v) is 19.7. The molecular formula is C25H29N3O4S. The largest absolute Gasteiger partial charge is 0.497 e. The predicted octanol–water partition coefficient (Wildman–Crippen LogP) is 3.44. The van der Waals surface area contributed by atoms with Crippen molar-refractivity contribution < 1.29 is 17.9 Å². The van der Waals surface area contributed by atoms with E-state index < -0.39 is 10.0 Å². The molecule has 0 radical (unpaired) electrons. The first-order valence-electron chi connectivity index (χ1n) is 10.5. The summed E-state index contributed by atoms with van der Waals surface area (Å²) in [6.07, 6.45) is 3.39. The predicted molar refractivity (Wildman–Crippen MR) is 128 cm³/mol. The number of carbonyl (C=O) groups is 1. The van der Waals surface area contributed by atoms with Gasteiger partial charge in [0.25, 0.3) is 0 Å². The van der Waals surface area contributed by atoms with Gasteiger partial charge < -0.3 is 14.2 Å². The number of rotatable bonds is 11. The van der Waals surface area contributed by atoms with Crippen LogP contribution >= 0.6 is 0 Å². The standard InChI is InChI=1S/C25H29N3O4S/c1-4-16-28(33(30,31)24-14-12-23(32-3)13-15-24)20-25(29)27(18-21-9-6-5-7-10-21)19-22-11-8-17-26(22)2/h4-15,17H,1,16,18-20H2,2-3H3. The van der Waals surface area contributed by atoms with Crippen LogP contribution < -0.4 is 4.74 Å². The fourth-order valence-electron chi connectivity index (χ4n) is 3.43. The van der Waals surface area contributed by atoms with Gasteiger partial charge in [0.2, 0.25) is 15.9 Å². The first-order valence-corrected chi connectivity index (χ1v) is 12.0. The Hall–Kier alpha value is -3.36. The molecule has 0 saturated heterocycles. The Morgan fingerprint density at radius 1 is 1.03 bits per heavy atom. The smallest absolute Gasteiger partial charge is 0.243 e. The van der Waals surface area contributed by atoms with Gasteiger partial charge >= 0.3 is 0 Å². The van der Waals surface area contributed by atoms with Crippen molar-refractivity contribution in [3.8, 4) is 5.75 Å². The van der Waals surface area contributed by atoms with E-state index >= 15 is 0 Å². The van der Waals surface area contributed by atoms with Gasteiger partial charge in [-0.15, -0.1) is 6.58 Å². The zero-order chi connectivity index (χ0) is 23.8. The molecule has 0 bridgehead atoms. The van der Waals surface area contributed by atoms with Crippen LogP contribution in [0.1, 0.15) is 11.3 Å². The molecule has 3 rings (SSSR count). The lowest BCUT2D eigenvalue weighted by molar-refractivity contribution is -0.132. The second-order valence-corrected chi connectivity index (χ2v) is 9.55. The number of ether oxygens (including phenoxy) is 1. The Balaban J connectivity index is 1.86. The molecular weight excluding hydrogens is 438 g/mol. The quantitative estimate of drug-likeness (QED) is 0.405. The number of benzene rings is 2. The van der Waals surface area contributed by atoms with Gasteiger partial charge in [0, 0.05) is 32.0 Å². The highest BCUT2D eigenvalue weighted by molar-refractivity contribution is 7.89. The van der Waals surface area contributed by atoms with E-state index in [1.54, 1.807) is 17.0 Å². The van der Waals surface area contributed by atoms with E-state index in [1.165, 1.54) is 25.3 Å². The molecule has 0 N–H and O–H groups in total. The van der Waals surface area contributed by atoms with Crippen molar-refractivity contribution in [1.82, 2.24) is 13.8 Å². The van der Waals surface area contributed by atoms with Gasteiger partial charge in [-0.3, -0.25) is 4.79 Å². The van der Waals surface area contributed by atoms with Crippen LogP contribution in [-0.2, 0) is 35.0 Å². The number of methoxy groups -OCH3 is 1. The molecule has 8 heteroatoms. The maximum Gasteiger partial charge on any atom is 0.243 e. The van der Waals surface area contributed by atoms with E-state index in [4.69, 9.17) is 4.74 Å². The summed E-state index contributed by atoms with van der Waals surface area (Å²) in [5.74, 6) is 0.260. The normalized spacial score (nSPS) is 11.4. The summed E-state index contributed by atoms with van der Waals surface area (Å²) in [5.41, 5.74) is 1.92. The van der Waals surface area contributed by atoms with Gasteiger partial charge in [-0.1, -0.05) is 36.4 Å². The molecule has 1 aromatic heterocycles. The highest BCUT2D eigenvalue weighted by Crippen LogP contribution is 2.20. The summed E-state index contributed by atoms with van der Waals surface area (Å²) in [5, 5.41) is 0. The topological polar surface area (TPSA) is 71.9 Å². The van der Waals surface area contributed by atoms with E-state index in [-0.39, 0.29) is 23.9 Å². The highest BCUT2D eigenvalue weighted by Gasteiger charge is 2.28. The van der Waals surface area contributed by atoms with Gasteiger partial charge in [-0.25, -0.2) is 8.42 Å². The summed E-state index contributed by atoms with van der Waals surface area (Å²) in [7, 11) is -0.477. The minimum Gasteiger partial charge on any atom is -0.497 e. The molecule has 0 spiro atoms. The molecule has 33 heavy (non-hydrogen) atoms. The summed E-state index contributed by atoms with van der Waals surface area (Å²) in [6.45, 7) is 4.13. The fourth-order valence-corrected chi connectivity index (χ4v) is 4.79. The van der Waals surface area contributed by atoms with Crippen LogP contribution in [0, 0.1) is 0 Å². The Kier molecular flexibility index (Phi) is 8.08. The van der Waals surface area contributed by atoms with Gasteiger partial charge in [0.15, 0.2) is 0 Å². The molecule has 1 amide bonds. The minimum absolute atomic E-state index is 0.0173. The third-order valence-electron chi connectivity index (χ3n) is 5.31. The van der Waals surface area contributed by atoms with Crippen molar-refractivity contribution >= 4 is 15.9 Å². The van der Waals surface area contributed by atoms with Crippen LogP contribution in [0.5, 0.6) is 5.75 Å². The number of sulfonamides is 1. The third kappa shape index (κ3) is 6.12. The van der Waals surface area contributed by atoms with Crippen LogP contribution in [0.3, 0.4) is 0 Å². The van der Waals surface area contributed by atoms with E-state index in [2.05, 4.69) is 6.58 Å². The third-order valence-corrected chi connectivity index (χ3v) is 7.14. The fraction of sp³-hybridized carbons (Fsp3) is 0.240. The first-order chi connectivity index (χ1) is 15.8. The van der Waals surface area contributed by atoms with Crippen molar-refractivity contribution in [2.24, 2.45) is 7.05 Å². The molecule has 0 aliphatic heterocycles. The number of hydrogen-bond acceptors (Lipinski definition) is 4. The van der Waals surface area contributed by atoms with E-state index in [1.807, 2.05) is 60.3 Å². The number of amides is 1. The van der Waals surface area contributed by atoms with Gasteiger partial charge in [0.1, 0.15) is 5.75 Å². The van der Waals surface area contributed by atoms with Crippen LogP contribution in [-0.4, -0.2) is 48.3 Å². The number of aromatic nitrogens is 1. The Labute approximate surface area is 195 Å². The molecule has 0 aliphatic rings. The zero-order valence-electron chi connectivity index (χ0n) is 18.9. The Morgan fingerprint density at radius 2 is 1.73 bits per heavy atom. The minimum atomic E-state index is -3.91. The summed E-state index contributed by atoms with van der Waals surface area (Å²) < 4.78 is 34.7. The Morgan fingerprint density at radius 3 is 2.30 bits per heavy atom. The monoisotopic (exact) mass is 467 g/mol. The number of nitrogens with zero attached hydrogens (tertiary/aromatic N) is 3. The SMILES string of the molecule is C=CCN(CC(=O)N(Cc1ccccc1)Cc1cccn1C)S(=O)(=O)c1ccc(OC)cc1. The summed E-state index contributed by atoms with van der Waals surface area (Å²) in [6, 6.07) is 19.6. The maximum atomic E-state index is 13.4. The highest BCUT2D eigenvalue weighted by atomic mass is 32.2. The summed E-state index contributed by atoms with van der Waals surface area (Å²) >= 11 is 0. The van der Waals surface area contributed by atoms with Crippen LogP contribution in [0.25, 0.3) is 0 Å². The Bertz CT molecular complexity index is 1170. The molecule has 0 aliphatic carbocycles. The second kappa shape index (κ2) is 11.0. The van der Waals surface area contributed by atoms with E-state index in [0.717, 1.165) is 15.6 Å². The molecule has 1 heterocycles. The van der Waals surface area contributed by atoms with Gasteiger partial charge in [-0.2, -0.15) is 4.31 Å². The molecule has 0 unspecified atom stereocenters. The van der Waals surface area contributed by atoms with Crippen LogP contribution in [0.4, 0.5) is 0 Å². The number of aryl methyl sites for hydroxylation is 1. The molecule has 0 saturated carbocycles. The maximum absolute atomic E-state index is 13.4. The van der Waals surface area contributed by atoms with Crippen molar-refractivity contribution in [3.63, 3.8) is 0 Å². The summed E-state index contributed by atoms with van der Waals surface area (Å²) in [4.78, 5) is 15.2. The molecule has 3 aromatic rings. The molecule has 2 aromatic carbocycles. The molecule has 0 atom stereocenters. The number of carbonyl (C=O) groups excluding carboxylic acids is 1. The van der Waals surface area contributed by atoms with E-state index in [9.17, 15) is 13.2 Å². The average molecular weight is 468 g/mol.